The first-order chi connectivity index (χ1) is 6.43. The van der Waals surface area contributed by atoms with Crippen molar-refractivity contribution in [2.75, 3.05) is 0 Å². The third-order valence-corrected chi connectivity index (χ3v) is 2.06. The molecule has 0 spiro atoms. The van der Waals surface area contributed by atoms with Crippen LogP contribution in [0.3, 0.4) is 0 Å². The number of carbonyl (C=O) groups is 1. The van der Waals surface area contributed by atoms with Gasteiger partial charge >= 0.3 is 5.97 Å². The van der Waals surface area contributed by atoms with Crippen molar-refractivity contribution in [3.05, 3.63) is 34.6 Å². The minimum atomic E-state index is -1.30. The maximum atomic E-state index is 13.4. The highest BCUT2D eigenvalue weighted by Crippen LogP contribution is 2.21. The van der Waals surface area contributed by atoms with Gasteiger partial charge in [-0.05, 0) is 31.0 Å². The molecule has 0 saturated heterocycles. The maximum Gasteiger partial charge on any atom is 0.325 e. The number of halogens is 1. The summed E-state index contributed by atoms with van der Waals surface area (Å²) in [6, 6.07) is 1.70. The first-order valence-electron chi connectivity index (χ1n) is 4.18. The van der Waals surface area contributed by atoms with Crippen molar-refractivity contribution in [2.24, 2.45) is 5.73 Å². The zero-order valence-electron chi connectivity index (χ0n) is 8.04. The molecule has 1 aromatic carbocycles. The van der Waals surface area contributed by atoms with Crippen molar-refractivity contribution in [1.29, 1.82) is 0 Å². The third kappa shape index (κ3) is 1.90. The van der Waals surface area contributed by atoms with Gasteiger partial charge in [0.25, 0.3) is 0 Å². The number of aryl methyl sites for hydroxylation is 2. The van der Waals surface area contributed by atoms with Crippen LogP contribution in [0, 0.1) is 19.7 Å². The molecule has 3 N–H and O–H groups in total. The summed E-state index contributed by atoms with van der Waals surface area (Å²) in [5.74, 6) is -1.78. The fraction of sp³-hybridized carbons (Fsp3) is 0.300. The largest absolute Gasteiger partial charge is 0.480 e. The minimum absolute atomic E-state index is 0.0584. The predicted octanol–water partition coefficient (Wildman–Crippen LogP) is 1.53. The molecule has 0 fully saturated rings. The Morgan fingerprint density at radius 3 is 2.50 bits per heavy atom. The van der Waals surface area contributed by atoms with E-state index < -0.39 is 17.8 Å². The van der Waals surface area contributed by atoms with E-state index in [4.69, 9.17) is 10.8 Å². The van der Waals surface area contributed by atoms with E-state index in [2.05, 4.69) is 0 Å². The standard InChI is InChI=1S/C10H12FNO2/c1-5-3-6(2)8(7(11)4-5)9(12)10(13)14/h3-4,9H,12H2,1-2H3,(H,13,14). The molecule has 0 heterocycles. The van der Waals surface area contributed by atoms with Gasteiger partial charge in [-0.25, -0.2) is 4.39 Å². The Morgan fingerprint density at radius 2 is 2.07 bits per heavy atom. The normalized spacial score (nSPS) is 12.6. The number of hydrogen-bond acceptors (Lipinski definition) is 2. The summed E-state index contributed by atoms with van der Waals surface area (Å²) in [5.41, 5.74) is 6.73. The molecule has 1 atom stereocenters. The van der Waals surface area contributed by atoms with Gasteiger partial charge in [-0.2, -0.15) is 0 Å². The van der Waals surface area contributed by atoms with Crippen molar-refractivity contribution in [2.45, 2.75) is 19.9 Å². The Kier molecular flexibility index (Phi) is 2.86. The summed E-state index contributed by atoms with van der Waals surface area (Å²) >= 11 is 0. The second-order valence-electron chi connectivity index (χ2n) is 3.29. The number of benzene rings is 1. The van der Waals surface area contributed by atoms with Crippen LogP contribution < -0.4 is 5.73 Å². The summed E-state index contributed by atoms with van der Waals surface area (Å²) in [4.78, 5) is 10.6. The van der Waals surface area contributed by atoms with E-state index in [9.17, 15) is 9.18 Å². The van der Waals surface area contributed by atoms with Crippen molar-refractivity contribution in [3.63, 3.8) is 0 Å². The first-order valence-corrected chi connectivity index (χ1v) is 4.18. The number of carboxylic acids is 1. The second-order valence-corrected chi connectivity index (χ2v) is 3.29. The Hall–Kier alpha value is -1.42. The average molecular weight is 197 g/mol. The van der Waals surface area contributed by atoms with E-state index in [1.807, 2.05) is 0 Å². The minimum Gasteiger partial charge on any atom is -0.480 e. The highest BCUT2D eigenvalue weighted by molar-refractivity contribution is 5.75. The van der Waals surface area contributed by atoms with Crippen LogP contribution >= 0.6 is 0 Å². The smallest absolute Gasteiger partial charge is 0.325 e. The Morgan fingerprint density at radius 1 is 1.50 bits per heavy atom. The second kappa shape index (κ2) is 3.75. The highest BCUT2D eigenvalue weighted by atomic mass is 19.1. The molecule has 0 saturated carbocycles. The summed E-state index contributed by atoms with van der Waals surface area (Å²) < 4.78 is 13.4. The molecule has 76 valence electrons. The van der Waals surface area contributed by atoms with Crippen molar-refractivity contribution in [3.8, 4) is 0 Å². The van der Waals surface area contributed by atoms with Crippen LogP contribution in [-0.2, 0) is 4.79 Å². The lowest BCUT2D eigenvalue weighted by molar-refractivity contribution is -0.138. The van der Waals surface area contributed by atoms with Crippen LogP contribution in [0.4, 0.5) is 4.39 Å². The van der Waals surface area contributed by atoms with Gasteiger partial charge < -0.3 is 10.8 Å². The van der Waals surface area contributed by atoms with E-state index in [1.165, 1.54) is 6.07 Å². The predicted molar refractivity (Wildman–Crippen MR) is 50.4 cm³/mol. The summed E-state index contributed by atoms with van der Waals surface area (Å²) in [5, 5.41) is 8.66. The fourth-order valence-corrected chi connectivity index (χ4v) is 1.44. The number of rotatable bonds is 2. The molecule has 4 heteroatoms. The molecule has 0 aromatic heterocycles. The van der Waals surface area contributed by atoms with Gasteiger partial charge in [-0.15, -0.1) is 0 Å². The Balaban J connectivity index is 3.27. The van der Waals surface area contributed by atoms with Gasteiger partial charge in [0.15, 0.2) is 0 Å². The maximum absolute atomic E-state index is 13.4. The molecule has 1 aromatic rings. The van der Waals surface area contributed by atoms with Gasteiger partial charge in [0, 0.05) is 5.56 Å². The lowest BCUT2D eigenvalue weighted by Crippen LogP contribution is -2.23. The van der Waals surface area contributed by atoms with E-state index in [1.54, 1.807) is 19.9 Å². The summed E-state index contributed by atoms with van der Waals surface area (Å²) in [6.07, 6.45) is 0. The zero-order valence-corrected chi connectivity index (χ0v) is 8.04. The molecule has 0 aliphatic carbocycles. The molecule has 0 radical (unpaired) electrons. The molecule has 0 aliphatic rings. The summed E-state index contributed by atoms with van der Waals surface area (Å²) in [6.45, 7) is 3.39. The molecule has 0 amide bonds. The molecule has 1 unspecified atom stereocenters. The number of carboxylic acid groups (broad SMARTS) is 1. The fourth-order valence-electron chi connectivity index (χ4n) is 1.44. The van der Waals surface area contributed by atoms with Crippen molar-refractivity contribution in [1.82, 2.24) is 0 Å². The van der Waals surface area contributed by atoms with Gasteiger partial charge in [0.2, 0.25) is 0 Å². The molecular weight excluding hydrogens is 185 g/mol. The van der Waals surface area contributed by atoms with Crippen molar-refractivity contribution >= 4 is 5.97 Å². The van der Waals surface area contributed by atoms with E-state index >= 15 is 0 Å². The van der Waals surface area contributed by atoms with Crippen molar-refractivity contribution < 1.29 is 14.3 Å². The lowest BCUT2D eigenvalue weighted by Gasteiger charge is -2.12. The Bertz CT molecular complexity index is 353. The third-order valence-electron chi connectivity index (χ3n) is 2.06. The van der Waals surface area contributed by atoms with E-state index in [0.717, 1.165) is 5.56 Å². The van der Waals surface area contributed by atoms with Crippen LogP contribution in [0.15, 0.2) is 12.1 Å². The molecule has 1 rings (SSSR count). The average Bonchev–Trinajstić information content (AvgIpc) is 2.01. The van der Waals surface area contributed by atoms with Crippen LogP contribution in [-0.4, -0.2) is 11.1 Å². The zero-order chi connectivity index (χ0) is 10.9. The first kappa shape index (κ1) is 10.7. The SMILES string of the molecule is Cc1cc(C)c(C(N)C(=O)O)c(F)c1. The van der Waals surface area contributed by atoms with Gasteiger partial charge in [-0.1, -0.05) is 6.07 Å². The molecule has 14 heavy (non-hydrogen) atoms. The van der Waals surface area contributed by atoms with Gasteiger partial charge in [0.1, 0.15) is 11.9 Å². The van der Waals surface area contributed by atoms with E-state index in [-0.39, 0.29) is 5.56 Å². The van der Waals surface area contributed by atoms with E-state index in [0.29, 0.717) is 5.56 Å². The molecule has 0 aliphatic heterocycles. The number of hydrogen-bond donors (Lipinski definition) is 2. The molecule has 3 nitrogen and oxygen atoms in total. The van der Waals surface area contributed by atoms with Crippen LogP contribution in [0.25, 0.3) is 0 Å². The van der Waals surface area contributed by atoms with Gasteiger partial charge in [0.05, 0.1) is 0 Å². The monoisotopic (exact) mass is 197 g/mol. The Labute approximate surface area is 81.4 Å². The summed E-state index contributed by atoms with van der Waals surface area (Å²) in [7, 11) is 0. The van der Waals surface area contributed by atoms with Gasteiger partial charge in [-0.3, -0.25) is 4.79 Å². The van der Waals surface area contributed by atoms with Crippen LogP contribution in [0.2, 0.25) is 0 Å². The van der Waals surface area contributed by atoms with Crippen LogP contribution in [0.5, 0.6) is 0 Å². The topological polar surface area (TPSA) is 63.3 Å². The van der Waals surface area contributed by atoms with Crippen LogP contribution in [0.1, 0.15) is 22.7 Å². The molecular formula is C10H12FNO2. The quantitative estimate of drug-likeness (QED) is 0.755. The lowest BCUT2D eigenvalue weighted by atomic mass is 9.99. The number of nitrogens with two attached hydrogens (primary N) is 1. The number of aliphatic carboxylic acids is 1. The highest BCUT2D eigenvalue weighted by Gasteiger charge is 2.20. The molecule has 0 bridgehead atoms.